The first-order valence-electron chi connectivity index (χ1n) is 5.99. The molecular weight excluding hydrogens is 224 g/mol. The number of carbonyl (C=O) groups excluding carboxylic acids is 1. The number of carbonyl (C=O) groups is 1. The van der Waals surface area contributed by atoms with E-state index >= 15 is 0 Å². The topological polar surface area (TPSA) is 26.3 Å². The van der Waals surface area contributed by atoms with Crippen LogP contribution >= 0.6 is 0 Å². The molecule has 0 amide bonds. The van der Waals surface area contributed by atoms with Gasteiger partial charge in [0.2, 0.25) is 0 Å². The van der Waals surface area contributed by atoms with Gasteiger partial charge in [-0.1, -0.05) is 48.0 Å². The summed E-state index contributed by atoms with van der Waals surface area (Å²) in [6, 6.07) is 17.4. The van der Waals surface area contributed by atoms with Crippen LogP contribution in [0.25, 0.3) is 0 Å². The van der Waals surface area contributed by atoms with Gasteiger partial charge in [0.05, 0.1) is 0 Å². The summed E-state index contributed by atoms with van der Waals surface area (Å²) in [6.07, 6.45) is 0.425. The quantitative estimate of drug-likeness (QED) is 0.802. The van der Waals surface area contributed by atoms with E-state index in [1.54, 1.807) is 0 Å². The summed E-state index contributed by atoms with van der Waals surface area (Å²) in [5.41, 5.74) is 2.21. The van der Waals surface area contributed by atoms with Crippen LogP contribution in [0.15, 0.2) is 54.6 Å². The molecule has 0 aromatic heterocycles. The van der Waals surface area contributed by atoms with Gasteiger partial charge < -0.3 is 4.74 Å². The van der Waals surface area contributed by atoms with Crippen molar-refractivity contribution in [3.05, 3.63) is 65.7 Å². The SMILES string of the molecule is Cc1cccc(CC(=O)COc2ccccc2)c1. The average Bonchev–Trinajstić information content (AvgIpc) is 2.38. The van der Waals surface area contributed by atoms with Gasteiger partial charge in [0.1, 0.15) is 12.4 Å². The molecule has 2 aromatic rings. The first-order chi connectivity index (χ1) is 8.74. The van der Waals surface area contributed by atoms with E-state index in [9.17, 15) is 4.79 Å². The molecular formula is C16H16O2. The van der Waals surface area contributed by atoms with Crippen LogP contribution < -0.4 is 4.74 Å². The lowest BCUT2D eigenvalue weighted by Crippen LogP contribution is -2.13. The largest absolute Gasteiger partial charge is 0.486 e. The fourth-order valence-electron chi connectivity index (χ4n) is 1.78. The van der Waals surface area contributed by atoms with Gasteiger partial charge in [0.15, 0.2) is 5.78 Å². The Morgan fingerprint density at radius 1 is 1.06 bits per heavy atom. The predicted octanol–water partition coefficient (Wildman–Crippen LogP) is 3.19. The molecule has 0 aliphatic rings. The Labute approximate surface area is 107 Å². The van der Waals surface area contributed by atoms with E-state index in [0.717, 1.165) is 11.3 Å². The predicted molar refractivity (Wildman–Crippen MR) is 71.8 cm³/mol. The van der Waals surface area contributed by atoms with E-state index in [-0.39, 0.29) is 12.4 Å². The highest BCUT2D eigenvalue weighted by molar-refractivity contribution is 5.82. The molecule has 18 heavy (non-hydrogen) atoms. The van der Waals surface area contributed by atoms with Crippen LogP contribution in [0.1, 0.15) is 11.1 Å². The van der Waals surface area contributed by atoms with E-state index in [2.05, 4.69) is 0 Å². The molecule has 0 spiro atoms. The Hall–Kier alpha value is -2.09. The van der Waals surface area contributed by atoms with Crippen molar-refractivity contribution < 1.29 is 9.53 Å². The normalized spacial score (nSPS) is 10.1. The number of ether oxygens (including phenoxy) is 1. The Morgan fingerprint density at radius 3 is 2.56 bits per heavy atom. The lowest BCUT2D eigenvalue weighted by atomic mass is 10.1. The minimum absolute atomic E-state index is 0.0875. The summed E-state index contributed by atoms with van der Waals surface area (Å²) < 4.78 is 5.42. The Bertz CT molecular complexity index is 518. The molecule has 0 unspecified atom stereocenters. The van der Waals surface area contributed by atoms with Crippen molar-refractivity contribution in [2.24, 2.45) is 0 Å². The molecule has 0 radical (unpaired) electrons. The van der Waals surface area contributed by atoms with Crippen molar-refractivity contribution in [2.75, 3.05) is 6.61 Å². The second-order valence-corrected chi connectivity index (χ2v) is 4.31. The summed E-state index contributed by atoms with van der Waals surface area (Å²) in [4.78, 5) is 11.8. The standard InChI is InChI=1S/C16H16O2/c1-13-6-5-7-14(10-13)11-15(17)12-18-16-8-3-2-4-9-16/h2-10H,11-12H2,1H3. The number of benzene rings is 2. The fraction of sp³-hybridized carbons (Fsp3) is 0.188. The molecule has 0 fully saturated rings. The number of para-hydroxylation sites is 1. The van der Waals surface area contributed by atoms with Gasteiger partial charge in [-0.2, -0.15) is 0 Å². The Balaban J connectivity index is 1.86. The van der Waals surface area contributed by atoms with Gasteiger partial charge in [-0.25, -0.2) is 0 Å². The van der Waals surface area contributed by atoms with E-state index in [0.29, 0.717) is 6.42 Å². The molecule has 2 rings (SSSR count). The number of ketones is 1. The molecule has 0 saturated carbocycles. The van der Waals surface area contributed by atoms with Crippen molar-refractivity contribution in [1.29, 1.82) is 0 Å². The summed E-state index contributed by atoms with van der Waals surface area (Å²) in [7, 11) is 0. The number of hydrogen-bond donors (Lipinski definition) is 0. The third-order valence-electron chi connectivity index (χ3n) is 2.63. The molecule has 0 aliphatic heterocycles. The molecule has 0 atom stereocenters. The van der Waals surface area contributed by atoms with E-state index in [4.69, 9.17) is 4.74 Å². The minimum atomic E-state index is 0.0875. The van der Waals surface area contributed by atoms with Gasteiger partial charge in [0, 0.05) is 6.42 Å². The smallest absolute Gasteiger partial charge is 0.174 e. The van der Waals surface area contributed by atoms with Crippen molar-refractivity contribution in [3.8, 4) is 5.75 Å². The molecule has 0 aliphatic carbocycles. The highest BCUT2D eigenvalue weighted by atomic mass is 16.5. The Morgan fingerprint density at radius 2 is 1.83 bits per heavy atom. The zero-order valence-electron chi connectivity index (χ0n) is 10.4. The van der Waals surface area contributed by atoms with Crippen LogP contribution in [0.4, 0.5) is 0 Å². The van der Waals surface area contributed by atoms with Gasteiger partial charge in [-0.05, 0) is 24.6 Å². The minimum Gasteiger partial charge on any atom is -0.486 e. The first-order valence-corrected chi connectivity index (χ1v) is 5.99. The van der Waals surface area contributed by atoms with Gasteiger partial charge in [-0.15, -0.1) is 0 Å². The summed E-state index contributed by atoms with van der Waals surface area (Å²) in [5.74, 6) is 0.819. The van der Waals surface area contributed by atoms with Crippen LogP contribution in [0, 0.1) is 6.92 Å². The van der Waals surface area contributed by atoms with E-state index in [1.165, 1.54) is 5.56 Å². The van der Waals surface area contributed by atoms with E-state index in [1.807, 2.05) is 61.5 Å². The maximum atomic E-state index is 11.8. The maximum absolute atomic E-state index is 11.8. The number of Topliss-reactive ketones (excluding diaryl/α,β-unsaturated/α-hetero) is 1. The average molecular weight is 240 g/mol. The van der Waals surface area contributed by atoms with E-state index < -0.39 is 0 Å². The van der Waals surface area contributed by atoms with Crippen LogP contribution in [-0.4, -0.2) is 12.4 Å². The lowest BCUT2D eigenvalue weighted by molar-refractivity contribution is -0.120. The zero-order chi connectivity index (χ0) is 12.8. The van der Waals surface area contributed by atoms with Gasteiger partial charge in [0.25, 0.3) is 0 Å². The van der Waals surface area contributed by atoms with Gasteiger partial charge in [-0.3, -0.25) is 4.79 Å². The number of hydrogen-bond acceptors (Lipinski definition) is 2. The lowest BCUT2D eigenvalue weighted by Gasteiger charge is -2.05. The molecule has 0 bridgehead atoms. The molecule has 0 saturated heterocycles. The Kier molecular flexibility index (Phi) is 4.13. The zero-order valence-corrected chi connectivity index (χ0v) is 10.4. The molecule has 2 aromatic carbocycles. The molecule has 0 heterocycles. The van der Waals surface area contributed by atoms with Crippen molar-refractivity contribution >= 4 is 5.78 Å². The van der Waals surface area contributed by atoms with Crippen LogP contribution in [-0.2, 0) is 11.2 Å². The maximum Gasteiger partial charge on any atom is 0.174 e. The second-order valence-electron chi connectivity index (χ2n) is 4.31. The van der Waals surface area contributed by atoms with Crippen molar-refractivity contribution in [1.82, 2.24) is 0 Å². The highest BCUT2D eigenvalue weighted by Gasteiger charge is 2.05. The summed E-state index contributed by atoms with van der Waals surface area (Å²) in [6.45, 7) is 2.15. The molecule has 2 heteroatoms. The first kappa shape index (κ1) is 12.4. The third kappa shape index (κ3) is 3.74. The second kappa shape index (κ2) is 6.01. The van der Waals surface area contributed by atoms with Crippen molar-refractivity contribution in [3.63, 3.8) is 0 Å². The van der Waals surface area contributed by atoms with Gasteiger partial charge >= 0.3 is 0 Å². The molecule has 92 valence electrons. The van der Waals surface area contributed by atoms with Crippen LogP contribution in [0.2, 0.25) is 0 Å². The number of aryl methyl sites for hydroxylation is 1. The monoisotopic (exact) mass is 240 g/mol. The number of rotatable bonds is 5. The highest BCUT2D eigenvalue weighted by Crippen LogP contribution is 2.09. The summed E-state index contributed by atoms with van der Waals surface area (Å²) >= 11 is 0. The van der Waals surface area contributed by atoms with Crippen LogP contribution in [0.5, 0.6) is 5.75 Å². The molecule has 2 nitrogen and oxygen atoms in total. The third-order valence-corrected chi connectivity index (χ3v) is 2.63. The van der Waals surface area contributed by atoms with Crippen molar-refractivity contribution in [2.45, 2.75) is 13.3 Å². The fourth-order valence-corrected chi connectivity index (χ4v) is 1.78. The molecule has 0 N–H and O–H groups in total. The van der Waals surface area contributed by atoms with Crippen LogP contribution in [0.3, 0.4) is 0 Å². The summed E-state index contributed by atoms with van der Waals surface area (Å²) in [5, 5.41) is 0.